The number of anilines is 1. The summed E-state index contributed by atoms with van der Waals surface area (Å²) in [7, 11) is 1.90. The molecule has 0 unspecified atom stereocenters. The van der Waals surface area contributed by atoms with E-state index in [1.54, 1.807) is 11.0 Å². The lowest BCUT2D eigenvalue weighted by molar-refractivity contribution is 0.712. The first-order valence-corrected chi connectivity index (χ1v) is 6.45. The molecule has 0 radical (unpaired) electrons. The zero-order valence-corrected chi connectivity index (χ0v) is 11.1. The molecule has 0 atom stereocenters. The zero-order valence-electron chi connectivity index (χ0n) is 11.1. The molecule has 18 heavy (non-hydrogen) atoms. The molecule has 0 saturated carbocycles. The van der Waals surface area contributed by atoms with Crippen molar-refractivity contribution < 1.29 is 0 Å². The number of nitrogens with zero attached hydrogens (tertiary/aromatic N) is 3. The molecular formula is C14H20N4. The molecule has 1 aromatic carbocycles. The molecule has 0 fully saturated rings. The van der Waals surface area contributed by atoms with E-state index in [1.165, 1.54) is 24.8 Å². The molecule has 0 spiro atoms. The average molecular weight is 244 g/mol. The van der Waals surface area contributed by atoms with E-state index in [9.17, 15) is 0 Å². The van der Waals surface area contributed by atoms with Gasteiger partial charge in [-0.1, -0.05) is 25.5 Å². The monoisotopic (exact) mass is 244 g/mol. The highest BCUT2D eigenvalue weighted by Gasteiger charge is 2.00. The molecule has 2 rings (SSSR count). The standard InChI is InChI=1S/C14H20N4/c1-3-4-5-12-6-8-13(9-7-12)15-10-14-16-11-17-18(14)2/h6-9,11,15H,3-5,10H2,1-2H3. The fourth-order valence-corrected chi connectivity index (χ4v) is 1.83. The molecule has 0 aliphatic rings. The van der Waals surface area contributed by atoms with E-state index in [2.05, 4.69) is 46.6 Å². The van der Waals surface area contributed by atoms with Crippen molar-refractivity contribution in [3.8, 4) is 0 Å². The van der Waals surface area contributed by atoms with Gasteiger partial charge < -0.3 is 5.32 Å². The summed E-state index contributed by atoms with van der Waals surface area (Å²) in [4.78, 5) is 4.18. The van der Waals surface area contributed by atoms with Crippen LogP contribution in [0.4, 0.5) is 5.69 Å². The van der Waals surface area contributed by atoms with Crippen LogP contribution in [0.5, 0.6) is 0 Å². The normalized spacial score (nSPS) is 10.6. The summed E-state index contributed by atoms with van der Waals surface area (Å²) < 4.78 is 1.78. The Morgan fingerprint density at radius 3 is 2.61 bits per heavy atom. The molecule has 0 amide bonds. The Morgan fingerprint density at radius 1 is 1.22 bits per heavy atom. The van der Waals surface area contributed by atoms with Crippen LogP contribution in [0, 0.1) is 0 Å². The van der Waals surface area contributed by atoms with Gasteiger partial charge in [0.05, 0.1) is 6.54 Å². The number of aryl methyl sites for hydroxylation is 2. The van der Waals surface area contributed by atoms with Gasteiger partial charge in [0.15, 0.2) is 0 Å². The van der Waals surface area contributed by atoms with Gasteiger partial charge in [-0.2, -0.15) is 5.10 Å². The van der Waals surface area contributed by atoms with Crippen LogP contribution in [-0.4, -0.2) is 14.8 Å². The minimum Gasteiger partial charge on any atom is -0.378 e. The van der Waals surface area contributed by atoms with Crippen LogP contribution in [0.25, 0.3) is 0 Å². The number of hydrogen-bond acceptors (Lipinski definition) is 3. The fraction of sp³-hybridized carbons (Fsp3) is 0.429. The van der Waals surface area contributed by atoms with Gasteiger partial charge in [0.25, 0.3) is 0 Å². The van der Waals surface area contributed by atoms with Crippen molar-refractivity contribution in [3.63, 3.8) is 0 Å². The Labute approximate surface area is 108 Å². The van der Waals surface area contributed by atoms with Gasteiger partial charge in [-0.15, -0.1) is 0 Å². The summed E-state index contributed by atoms with van der Waals surface area (Å²) in [6.07, 6.45) is 5.24. The summed E-state index contributed by atoms with van der Waals surface area (Å²) in [6.45, 7) is 2.92. The number of rotatable bonds is 6. The van der Waals surface area contributed by atoms with Gasteiger partial charge in [-0.25, -0.2) is 4.98 Å². The van der Waals surface area contributed by atoms with E-state index in [4.69, 9.17) is 0 Å². The molecule has 0 saturated heterocycles. The van der Waals surface area contributed by atoms with Crippen LogP contribution in [0.1, 0.15) is 31.2 Å². The van der Waals surface area contributed by atoms with E-state index < -0.39 is 0 Å². The zero-order chi connectivity index (χ0) is 12.8. The van der Waals surface area contributed by atoms with E-state index in [-0.39, 0.29) is 0 Å². The van der Waals surface area contributed by atoms with Gasteiger partial charge in [-0.05, 0) is 30.5 Å². The van der Waals surface area contributed by atoms with Crippen LogP contribution in [-0.2, 0) is 20.0 Å². The second-order valence-corrected chi connectivity index (χ2v) is 4.45. The summed E-state index contributed by atoms with van der Waals surface area (Å²) in [6, 6.07) is 8.63. The quantitative estimate of drug-likeness (QED) is 0.849. The number of benzene rings is 1. The first kappa shape index (κ1) is 12.6. The molecule has 4 heteroatoms. The summed E-state index contributed by atoms with van der Waals surface area (Å²) in [5.41, 5.74) is 2.53. The minimum atomic E-state index is 0.699. The van der Waals surface area contributed by atoms with Crippen molar-refractivity contribution in [2.45, 2.75) is 32.7 Å². The second-order valence-electron chi connectivity index (χ2n) is 4.45. The van der Waals surface area contributed by atoms with Crippen LogP contribution in [0.15, 0.2) is 30.6 Å². The molecule has 0 bridgehead atoms. The highest BCUT2D eigenvalue weighted by molar-refractivity contribution is 5.44. The van der Waals surface area contributed by atoms with E-state index >= 15 is 0 Å². The predicted molar refractivity (Wildman–Crippen MR) is 73.4 cm³/mol. The SMILES string of the molecule is CCCCc1ccc(NCc2ncnn2C)cc1. The number of nitrogens with one attached hydrogen (secondary N) is 1. The maximum Gasteiger partial charge on any atom is 0.145 e. The van der Waals surface area contributed by atoms with Crippen LogP contribution < -0.4 is 5.32 Å². The van der Waals surface area contributed by atoms with Crippen LogP contribution in [0.3, 0.4) is 0 Å². The summed E-state index contributed by atoms with van der Waals surface area (Å²) in [5.74, 6) is 0.935. The van der Waals surface area contributed by atoms with Crippen LogP contribution in [0.2, 0.25) is 0 Å². The van der Waals surface area contributed by atoms with Crippen molar-refractivity contribution in [2.24, 2.45) is 7.05 Å². The molecule has 0 aliphatic carbocycles. The predicted octanol–water partition coefficient (Wildman–Crippen LogP) is 2.77. The van der Waals surface area contributed by atoms with Crippen molar-refractivity contribution in [1.82, 2.24) is 14.8 Å². The third kappa shape index (κ3) is 3.32. The Kier molecular flexibility index (Phi) is 4.34. The Bertz CT molecular complexity index is 473. The molecule has 0 aliphatic heterocycles. The first-order chi connectivity index (χ1) is 8.79. The smallest absolute Gasteiger partial charge is 0.145 e. The minimum absolute atomic E-state index is 0.699. The van der Waals surface area contributed by atoms with Crippen molar-refractivity contribution in [2.75, 3.05) is 5.32 Å². The van der Waals surface area contributed by atoms with Gasteiger partial charge in [-0.3, -0.25) is 4.68 Å². The molecule has 96 valence electrons. The summed E-state index contributed by atoms with van der Waals surface area (Å²) in [5, 5.41) is 7.39. The van der Waals surface area contributed by atoms with Crippen LogP contribution >= 0.6 is 0 Å². The number of unbranched alkanes of at least 4 members (excludes halogenated alkanes) is 1. The molecular weight excluding hydrogens is 224 g/mol. The Balaban J connectivity index is 1.88. The van der Waals surface area contributed by atoms with E-state index in [1.807, 2.05) is 7.05 Å². The lowest BCUT2D eigenvalue weighted by atomic mass is 10.1. The topological polar surface area (TPSA) is 42.7 Å². The Morgan fingerprint density at radius 2 is 2.00 bits per heavy atom. The Hall–Kier alpha value is -1.84. The van der Waals surface area contributed by atoms with Crippen molar-refractivity contribution in [3.05, 3.63) is 42.0 Å². The van der Waals surface area contributed by atoms with Gasteiger partial charge in [0.1, 0.15) is 12.2 Å². The second kappa shape index (κ2) is 6.19. The van der Waals surface area contributed by atoms with Crippen molar-refractivity contribution >= 4 is 5.69 Å². The lowest BCUT2D eigenvalue weighted by Gasteiger charge is -2.07. The van der Waals surface area contributed by atoms with E-state index in [0.717, 1.165) is 11.5 Å². The number of aromatic nitrogens is 3. The van der Waals surface area contributed by atoms with Gasteiger partial charge in [0.2, 0.25) is 0 Å². The largest absolute Gasteiger partial charge is 0.378 e. The molecule has 1 heterocycles. The highest BCUT2D eigenvalue weighted by atomic mass is 15.3. The third-order valence-electron chi connectivity index (χ3n) is 3.03. The van der Waals surface area contributed by atoms with E-state index in [0.29, 0.717) is 6.54 Å². The number of hydrogen-bond donors (Lipinski definition) is 1. The van der Waals surface area contributed by atoms with Gasteiger partial charge in [0, 0.05) is 12.7 Å². The molecule has 2 aromatic rings. The molecule has 4 nitrogen and oxygen atoms in total. The highest BCUT2D eigenvalue weighted by Crippen LogP contribution is 2.12. The first-order valence-electron chi connectivity index (χ1n) is 6.45. The molecule has 1 N–H and O–H groups in total. The maximum absolute atomic E-state index is 4.18. The van der Waals surface area contributed by atoms with Crippen molar-refractivity contribution in [1.29, 1.82) is 0 Å². The average Bonchev–Trinajstić information content (AvgIpc) is 2.81. The third-order valence-corrected chi connectivity index (χ3v) is 3.03. The van der Waals surface area contributed by atoms with Gasteiger partial charge >= 0.3 is 0 Å². The summed E-state index contributed by atoms with van der Waals surface area (Å²) >= 11 is 0. The molecule has 1 aromatic heterocycles. The lowest BCUT2D eigenvalue weighted by Crippen LogP contribution is -2.06. The maximum atomic E-state index is 4.18. The fourth-order valence-electron chi connectivity index (χ4n) is 1.83.